The molecule has 2 fully saturated rings. The van der Waals surface area contributed by atoms with Crippen molar-refractivity contribution in [1.82, 2.24) is 0 Å². The second kappa shape index (κ2) is 15.5. The molecule has 2 saturated carbocycles. The largest absolute Gasteiger partial charge is 2.00 e. The van der Waals surface area contributed by atoms with E-state index in [-0.39, 0.29) is 31.9 Å². The van der Waals surface area contributed by atoms with Crippen LogP contribution in [0.1, 0.15) is 64.2 Å². The van der Waals surface area contributed by atoms with E-state index in [0.717, 1.165) is 12.5 Å². The van der Waals surface area contributed by atoms with Crippen LogP contribution in [0.25, 0.3) is 0 Å². The van der Waals surface area contributed by atoms with Crippen LogP contribution in [0.2, 0.25) is 0 Å². The first-order chi connectivity index (χ1) is 6.43. The van der Waals surface area contributed by atoms with E-state index in [2.05, 4.69) is 0 Å². The maximum Gasteiger partial charge on any atom is 2.00 e. The fourth-order valence-corrected chi connectivity index (χ4v) is 2.42. The first-order valence-electron chi connectivity index (χ1n) is 6.13. The summed E-state index contributed by atoms with van der Waals surface area (Å²) >= 11 is 0. The first kappa shape index (κ1) is 21.7. The summed E-state index contributed by atoms with van der Waals surface area (Å²) < 4.78 is 0. The van der Waals surface area contributed by atoms with Crippen LogP contribution in [-0.2, 0) is 17.1 Å². The van der Waals surface area contributed by atoms with Gasteiger partial charge in [0.05, 0.1) is 0 Å². The van der Waals surface area contributed by atoms with Gasteiger partial charge in [-0.3, -0.25) is 0 Å². The second-order valence-electron chi connectivity index (χ2n) is 4.50. The Kier molecular flexibility index (Phi) is 21.0. The van der Waals surface area contributed by atoms with Crippen molar-refractivity contribution in [1.29, 1.82) is 0 Å². The molecule has 0 aromatic carbocycles. The molecule has 0 spiro atoms. The van der Waals surface area contributed by atoms with Gasteiger partial charge in [0.25, 0.3) is 0 Å². The van der Waals surface area contributed by atoms with Crippen LogP contribution in [0, 0.1) is 20.8 Å². The molecule has 0 bridgehead atoms. The Bertz CT molecular complexity index is 99.7. The Labute approximate surface area is 114 Å². The van der Waals surface area contributed by atoms with Crippen molar-refractivity contribution < 1.29 is 17.1 Å². The van der Waals surface area contributed by atoms with Crippen molar-refractivity contribution in [3.8, 4) is 0 Å². The molecule has 0 heterocycles. The molecule has 0 atom stereocenters. The van der Waals surface area contributed by atoms with E-state index in [1.54, 1.807) is 0 Å². The fraction of sp³-hybridized carbons (Fsp3) is 0.857. The van der Waals surface area contributed by atoms with E-state index in [0.29, 0.717) is 0 Å². The van der Waals surface area contributed by atoms with Crippen LogP contribution in [-0.4, -0.2) is 6.54 Å². The summed E-state index contributed by atoms with van der Waals surface area (Å²) in [5.41, 5.74) is 5.41. The minimum absolute atomic E-state index is 0. The Morgan fingerprint density at radius 1 is 0.750 bits per heavy atom. The Morgan fingerprint density at radius 2 is 1.12 bits per heavy atom. The third kappa shape index (κ3) is 11.0. The number of hydrogen-bond donors (Lipinski definition) is 1. The van der Waals surface area contributed by atoms with E-state index in [4.69, 9.17) is 5.73 Å². The van der Waals surface area contributed by atoms with Crippen molar-refractivity contribution in [2.75, 3.05) is 6.54 Å². The predicted octanol–water partition coefficient (Wildman–Crippen LogP) is 4.37. The molecule has 0 radical (unpaired) electrons. The third-order valence-corrected chi connectivity index (χ3v) is 3.30. The fourth-order valence-electron chi connectivity index (χ4n) is 2.42. The van der Waals surface area contributed by atoms with Crippen molar-refractivity contribution in [3.05, 3.63) is 14.9 Å². The molecule has 0 amide bonds. The standard InChI is InChI=1S/C7H15N.C5H10.2CH3.Fe/c8-6-5-7-3-1-2-4-7;1-2-4-5-3-1;;;/h7H,1-6,8H2;1-5H2;2*1H3;/q;;2*-1;+2. The van der Waals surface area contributed by atoms with Crippen LogP contribution in [0.15, 0.2) is 0 Å². The minimum atomic E-state index is 0. The average Bonchev–Trinajstić information content (AvgIpc) is 2.79. The molecule has 2 rings (SSSR count). The van der Waals surface area contributed by atoms with Gasteiger partial charge in [-0.1, -0.05) is 57.8 Å². The first-order valence-corrected chi connectivity index (χ1v) is 6.13. The summed E-state index contributed by atoms with van der Waals surface area (Å²) in [6.07, 6.45) is 14.5. The third-order valence-electron chi connectivity index (χ3n) is 3.30. The molecule has 0 aliphatic heterocycles. The molecule has 0 aromatic rings. The van der Waals surface area contributed by atoms with Crippen LogP contribution < -0.4 is 5.73 Å². The average molecular weight is 269 g/mol. The van der Waals surface area contributed by atoms with E-state index in [9.17, 15) is 0 Å². The van der Waals surface area contributed by atoms with Crippen molar-refractivity contribution >= 4 is 0 Å². The molecule has 100 valence electrons. The quantitative estimate of drug-likeness (QED) is 0.584. The van der Waals surface area contributed by atoms with Crippen molar-refractivity contribution in [3.63, 3.8) is 0 Å². The van der Waals surface area contributed by atoms with Gasteiger partial charge in [-0.05, 0) is 18.9 Å². The Hall–Kier alpha value is 0.479. The van der Waals surface area contributed by atoms with Crippen molar-refractivity contribution in [2.45, 2.75) is 64.2 Å². The summed E-state index contributed by atoms with van der Waals surface area (Å²) in [4.78, 5) is 0. The van der Waals surface area contributed by atoms with E-state index in [1.165, 1.54) is 64.2 Å². The van der Waals surface area contributed by atoms with Crippen LogP contribution in [0.4, 0.5) is 0 Å². The van der Waals surface area contributed by atoms with Crippen molar-refractivity contribution in [2.24, 2.45) is 11.7 Å². The zero-order valence-electron chi connectivity index (χ0n) is 11.3. The van der Waals surface area contributed by atoms with Gasteiger partial charge in [-0.2, -0.15) is 0 Å². The predicted molar refractivity (Wildman–Crippen MR) is 71.5 cm³/mol. The van der Waals surface area contributed by atoms with Crippen LogP contribution in [0.5, 0.6) is 0 Å². The second-order valence-corrected chi connectivity index (χ2v) is 4.50. The molecule has 1 nitrogen and oxygen atoms in total. The van der Waals surface area contributed by atoms with Gasteiger partial charge in [0.15, 0.2) is 0 Å². The van der Waals surface area contributed by atoms with Gasteiger partial charge in [-0.25, -0.2) is 0 Å². The number of hydrogen-bond acceptors (Lipinski definition) is 1. The van der Waals surface area contributed by atoms with E-state index >= 15 is 0 Å². The van der Waals surface area contributed by atoms with Crippen LogP contribution in [0.3, 0.4) is 0 Å². The number of nitrogens with two attached hydrogens (primary N) is 1. The zero-order chi connectivity index (χ0) is 9.36. The molecule has 0 unspecified atom stereocenters. The summed E-state index contributed by atoms with van der Waals surface area (Å²) in [5, 5.41) is 0. The van der Waals surface area contributed by atoms with Gasteiger partial charge < -0.3 is 20.6 Å². The van der Waals surface area contributed by atoms with Gasteiger partial charge in [-0.15, -0.1) is 0 Å². The molecular formula is C14H31FeN. The summed E-state index contributed by atoms with van der Waals surface area (Å²) in [5.74, 6) is 0.986. The molecule has 0 aromatic heterocycles. The molecule has 0 saturated heterocycles. The molecule has 16 heavy (non-hydrogen) atoms. The summed E-state index contributed by atoms with van der Waals surface area (Å²) in [6.45, 7) is 0.894. The molecule has 2 heteroatoms. The van der Waals surface area contributed by atoms with Crippen LogP contribution >= 0.6 is 0 Å². The normalized spacial score (nSPS) is 18.6. The maximum atomic E-state index is 5.41. The Balaban J connectivity index is -0.000000189. The molecule has 2 N–H and O–H groups in total. The maximum absolute atomic E-state index is 5.41. The summed E-state index contributed by atoms with van der Waals surface area (Å²) in [6, 6.07) is 0. The number of rotatable bonds is 2. The van der Waals surface area contributed by atoms with E-state index < -0.39 is 0 Å². The summed E-state index contributed by atoms with van der Waals surface area (Å²) in [7, 11) is 0. The smallest absolute Gasteiger partial charge is 0.358 e. The zero-order valence-corrected chi connectivity index (χ0v) is 12.4. The topological polar surface area (TPSA) is 26.0 Å². The van der Waals surface area contributed by atoms with Gasteiger partial charge >= 0.3 is 17.1 Å². The van der Waals surface area contributed by atoms with E-state index in [1.807, 2.05) is 0 Å². The molecular weight excluding hydrogens is 238 g/mol. The Morgan fingerprint density at radius 3 is 1.44 bits per heavy atom. The van der Waals surface area contributed by atoms with Gasteiger partial charge in [0, 0.05) is 0 Å². The SMILES string of the molecule is C1CCCC1.NCCC1CCCC1.[CH3-].[CH3-].[Fe+2]. The minimum Gasteiger partial charge on any atom is -0.358 e. The van der Waals surface area contributed by atoms with Gasteiger partial charge in [0.1, 0.15) is 0 Å². The van der Waals surface area contributed by atoms with Gasteiger partial charge in [0.2, 0.25) is 0 Å². The molecule has 2 aliphatic rings. The monoisotopic (exact) mass is 269 g/mol. The molecule has 2 aliphatic carbocycles.